The van der Waals surface area contributed by atoms with Crippen molar-refractivity contribution in [2.75, 3.05) is 0 Å². The summed E-state index contributed by atoms with van der Waals surface area (Å²) in [4.78, 5) is 67.0. The highest BCUT2D eigenvalue weighted by Crippen LogP contribution is 2.67. The van der Waals surface area contributed by atoms with Crippen LogP contribution in [-0.4, -0.2) is 46.6 Å². The number of rotatable bonds is 4. The highest BCUT2D eigenvalue weighted by Gasteiger charge is 2.78. The van der Waals surface area contributed by atoms with E-state index in [1.807, 2.05) is 60.6 Å². The van der Waals surface area contributed by atoms with E-state index in [1.54, 1.807) is 0 Å². The highest BCUT2D eigenvalue weighted by molar-refractivity contribution is 8.00. The molecule has 0 radical (unpaired) electrons. The summed E-state index contributed by atoms with van der Waals surface area (Å²) >= 11 is 1.17. The van der Waals surface area contributed by atoms with E-state index in [0.717, 1.165) is 10.9 Å². The van der Waals surface area contributed by atoms with Crippen LogP contribution >= 0.6 is 11.8 Å². The van der Waals surface area contributed by atoms with Gasteiger partial charge in [0.05, 0.1) is 10.8 Å². The molecule has 4 bridgehead atoms. The Bertz CT molecular complexity index is 1760. The Hall–Kier alpha value is -3.34. The molecule has 7 rings (SSSR count). The second-order valence-electron chi connectivity index (χ2n) is 14.6. The number of fused-ring (bicyclic) bond motifs is 7. The summed E-state index contributed by atoms with van der Waals surface area (Å²) in [6.45, 7) is 12.8. The number of aryl methyl sites for hydroxylation is 1. The summed E-state index contributed by atoms with van der Waals surface area (Å²) < 4.78 is 29.6. The van der Waals surface area contributed by atoms with Crippen molar-refractivity contribution in [1.82, 2.24) is 0 Å². The molecule has 0 spiro atoms. The summed E-state index contributed by atoms with van der Waals surface area (Å²) in [5.74, 6) is -2.26. The van der Waals surface area contributed by atoms with E-state index in [0.29, 0.717) is 41.7 Å². The summed E-state index contributed by atoms with van der Waals surface area (Å²) in [6.07, 6.45) is 0.641. The van der Waals surface area contributed by atoms with Gasteiger partial charge < -0.3 is 23.4 Å². The molecule has 1 aromatic carbocycles. The zero-order valence-corrected chi connectivity index (χ0v) is 26.7. The van der Waals surface area contributed by atoms with Crippen LogP contribution in [0.2, 0.25) is 0 Å². The van der Waals surface area contributed by atoms with Crippen molar-refractivity contribution < 1.29 is 42.5 Å². The Morgan fingerprint density at radius 2 is 1.36 bits per heavy atom. The second-order valence-corrected chi connectivity index (χ2v) is 15.7. The van der Waals surface area contributed by atoms with Crippen molar-refractivity contribution in [2.45, 2.75) is 108 Å². The maximum atomic E-state index is 14.1. The largest absolute Gasteiger partial charge is 0.454 e. The van der Waals surface area contributed by atoms with Gasteiger partial charge in [-0.2, -0.15) is 0 Å². The summed E-state index contributed by atoms with van der Waals surface area (Å²) in [5, 5.41) is 0.740. The molecule has 2 aliphatic carbocycles. The SMILES string of the molecule is Cc1cc(=O)oc2c3c(ccc12)S[C@H](OC(=O)C12CC[C@](C)(C(=O)O1)C2(C)C)[C@H](OC(=O)[C@]12CC[C@](C)(C(=O)O1)C2(C)C)C3. The monoisotopic (exact) mass is 624 g/mol. The maximum Gasteiger partial charge on any atom is 0.352 e. The van der Waals surface area contributed by atoms with Crippen LogP contribution in [0, 0.1) is 28.6 Å². The topological polar surface area (TPSA) is 135 Å². The minimum atomic E-state index is -1.49. The number of thioether (sulfide) groups is 1. The van der Waals surface area contributed by atoms with Crippen molar-refractivity contribution in [1.29, 1.82) is 0 Å². The average molecular weight is 625 g/mol. The first-order valence-corrected chi connectivity index (χ1v) is 15.9. The second kappa shape index (κ2) is 8.68. The van der Waals surface area contributed by atoms with Gasteiger partial charge in [0, 0.05) is 39.2 Å². The molecule has 1 aromatic heterocycles. The molecule has 3 aliphatic heterocycles. The first-order chi connectivity index (χ1) is 20.4. The van der Waals surface area contributed by atoms with Gasteiger partial charge in [0.15, 0.2) is 11.5 Å². The predicted molar refractivity (Wildman–Crippen MR) is 156 cm³/mol. The molecule has 2 aromatic rings. The van der Waals surface area contributed by atoms with Crippen LogP contribution in [0.15, 0.2) is 32.3 Å². The standard InChI is InChI=1S/C33H36O10S/c1-16-14-21(34)40-22-17(16)8-9-20-18(22)15-19(39-26(37)32-12-10-30(6,24(35)42-32)28(32,2)3)23(44-20)41-27(38)33-13-11-31(7,25(36)43-33)29(33,4)5/h8-9,14,19,23H,10-13,15H2,1-7H3/t19-,23+,30-,31-,32+,33?/m1/s1. The van der Waals surface area contributed by atoms with E-state index in [2.05, 4.69) is 0 Å². The van der Waals surface area contributed by atoms with Crippen molar-refractivity contribution in [3.8, 4) is 0 Å². The van der Waals surface area contributed by atoms with Crippen LogP contribution in [0.3, 0.4) is 0 Å². The normalized spacial score (nSPS) is 37.4. The van der Waals surface area contributed by atoms with Gasteiger partial charge in [0.25, 0.3) is 0 Å². The van der Waals surface area contributed by atoms with Gasteiger partial charge in [-0.05, 0) is 64.2 Å². The molecule has 234 valence electrons. The first-order valence-electron chi connectivity index (χ1n) is 15.1. The lowest BCUT2D eigenvalue weighted by Crippen LogP contribution is -2.53. The first kappa shape index (κ1) is 29.4. The predicted octanol–water partition coefficient (Wildman–Crippen LogP) is 4.77. The van der Waals surface area contributed by atoms with Crippen LogP contribution in [0.5, 0.6) is 0 Å². The van der Waals surface area contributed by atoms with E-state index >= 15 is 0 Å². The zero-order chi connectivity index (χ0) is 31.8. The molecule has 11 heteroatoms. The van der Waals surface area contributed by atoms with Gasteiger partial charge >= 0.3 is 29.5 Å². The van der Waals surface area contributed by atoms with Crippen molar-refractivity contribution in [3.05, 3.63) is 39.7 Å². The number of benzene rings is 1. The number of hydrogen-bond donors (Lipinski definition) is 0. The van der Waals surface area contributed by atoms with E-state index < -0.39 is 73.9 Å². The lowest BCUT2D eigenvalue weighted by molar-refractivity contribution is -0.196. The molecule has 5 aliphatic rings. The van der Waals surface area contributed by atoms with Crippen molar-refractivity contribution >= 4 is 46.6 Å². The lowest BCUT2D eigenvalue weighted by Gasteiger charge is -2.39. The van der Waals surface area contributed by atoms with E-state index in [1.165, 1.54) is 17.8 Å². The van der Waals surface area contributed by atoms with Gasteiger partial charge in [-0.15, -0.1) is 0 Å². The average Bonchev–Trinajstić information content (AvgIpc) is 3.41. The maximum absolute atomic E-state index is 14.1. The molecule has 0 N–H and O–H groups in total. The van der Waals surface area contributed by atoms with Gasteiger partial charge in [-0.25, -0.2) is 14.4 Å². The van der Waals surface area contributed by atoms with Crippen molar-refractivity contribution in [2.24, 2.45) is 21.7 Å². The number of carbonyl (C=O) groups is 4. The van der Waals surface area contributed by atoms with Crippen LogP contribution in [0.4, 0.5) is 0 Å². The summed E-state index contributed by atoms with van der Waals surface area (Å²) in [6, 6.07) is 5.12. The third kappa shape index (κ3) is 3.26. The Balaban J connectivity index is 1.27. The Morgan fingerprint density at radius 1 is 0.818 bits per heavy atom. The number of carbonyl (C=O) groups excluding carboxylic acids is 4. The lowest BCUT2D eigenvalue weighted by atomic mass is 9.66. The van der Waals surface area contributed by atoms with E-state index in [9.17, 15) is 24.0 Å². The van der Waals surface area contributed by atoms with Gasteiger partial charge in [0.1, 0.15) is 5.58 Å². The fraction of sp³-hybridized carbons (Fsp3) is 0.606. The molecule has 10 nitrogen and oxygen atoms in total. The molecule has 1 unspecified atom stereocenters. The Morgan fingerprint density at radius 3 is 1.86 bits per heavy atom. The van der Waals surface area contributed by atoms with E-state index in [-0.39, 0.29) is 6.42 Å². The highest BCUT2D eigenvalue weighted by atomic mass is 32.2. The molecule has 2 saturated heterocycles. The van der Waals surface area contributed by atoms with Gasteiger partial charge in [0.2, 0.25) is 11.2 Å². The van der Waals surface area contributed by atoms with Crippen LogP contribution in [0.25, 0.3) is 11.0 Å². The minimum Gasteiger partial charge on any atom is -0.454 e. The zero-order valence-electron chi connectivity index (χ0n) is 25.9. The third-order valence-corrected chi connectivity index (χ3v) is 13.7. The molecule has 4 heterocycles. The van der Waals surface area contributed by atoms with E-state index in [4.69, 9.17) is 23.4 Å². The summed E-state index contributed by atoms with van der Waals surface area (Å²) in [7, 11) is 0. The number of esters is 4. The summed E-state index contributed by atoms with van der Waals surface area (Å²) in [5.41, 5.74) is -6.07. The minimum absolute atomic E-state index is 0.0748. The van der Waals surface area contributed by atoms with Gasteiger partial charge in [-0.3, -0.25) is 9.59 Å². The number of ether oxygens (including phenoxy) is 4. The molecular weight excluding hydrogens is 588 g/mol. The molecule has 4 fully saturated rings. The van der Waals surface area contributed by atoms with Crippen LogP contribution in [-0.2, 0) is 44.5 Å². The smallest absolute Gasteiger partial charge is 0.352 e. The molecule has 0 amide bonds. The van der Waals surface area contributed by atoms with Crippen LogP contribution < -0.4 is 5.63 Å². The number of hydrogen-bond acceptors (Lipinski definition) is 11. The Kier molecular flexibility index (Phi) is 5.79. The van der Waals surface area contributed by atoms with Gasteiger partial charge in [-0.1, -0.05) is 39.5 Å². The van der Waals surface area contributed by atoms with Crippen molar-refractivity contribution in [3.63, 3.8) is 0 Å². The fourth-order valence-corrected chi connectivity index (χ4v) is 9.41. The van der Waals surface area contributed by atoms with Crippen LogP contribution in [0.1, 0.15) is 78.4 Å². The molecular formula is C33H36O10S. The quantitative estimate of drug-likeness (QED) is 0.264. The molecule has 6 atom stereocenters. The third-order valence-electron chi connectivity index (χ3n) is 12.4. The fourth-order valence-electron chi connectivity index (χ4n) is 8.26. The molecule has 44 heavy (non-hydrogen) atoms. The molecule has 2 saturated carbocycles. The Labute approximate surface area is 258 Å².